The summed E-state index contributed by atoms with van der Waals surface area (Å²) in [5.41, 5.74) is 3.05. The molecule has 0 aliphatic heterocycles. The van der Waals surface area contributed by atoms with Crippen molar-refractivity contribution >= 4 is 34.0 Å². The van der Waals surface area contributed by atoms with Gasteiger partial charge in [0.2, 0.25) is 5.95 Å². The van der Waals surface area contributed by atoms with Gasteiger partial charge in [0, 0.05) is 28.4 Å². The Morgan fingerprint density at radius 2 is 1.43 bits per heavy atom. The zero-order valence-electron chi connectivity index (χ0n) is 20.4. The highest BCUT2D eigenvalue weighted by molar-refractivity contribution is 5.94. The second-order valence-electron chi connectivity index (χ2n) is 8.03. The van der Waals surface area contributed by atoms with Crippen LogP contribution in [-0.4, -0.2) is 24.2 Å². The van der Waals surface area contributed by atoms with E-state index in [1.54, 1.807) is 14.2 Å². The number of terminal acetylenes is 1. The summed E-state index contributed by atoms with van der Waals surface area (Å²) in [4.78, 5) is 9.47. The van der Waals surface area contributed by atoms with Crippen molar-refractivity contribution in [3.8, 4) is 35.3 Å². The van der Waals surface area contributed by atoms with E-state index in [0.29, 0.717) is 28.8 Å². The fourth-order valence-corrected chi connectivity index (χ4v) is 3.79. The first-order chi connectivity index (χ1) is 18.1. The summed E-state index contributed by atoms with van der Waals surface area (Å²) >= 11 is 0. The first-order valence-electron chi connectivity index (χ1n) is 11.5. The maximum Gasteiger partial charge on any atom is 0.229 e. The molecule has 5 rings (SSSR count). The summed E-state index contributed by atoms with van der Waals surface area (Å²) in [5.74, 6) is 6.30. The van der Waals surface area contributed by atoms with Gasteiger partial charge >= 0.3 is 0 Å². The van der Waals surface area contributed by atoms with Gasteiger partial charge in [0.15, 0.2) is 11.5 Å². The minimum absolute atomic E-state index is 0.409. The quantitative estimate of drug-likeness (QED) is 0.230. The molecule has 182 valence electrons. The molecule has 5 aromatic rings. The van der Waals surface area contributed by atoms with Crippen molar-refractivity contribution in [2.45, 2.75) is 0 Å². The van der Waals surface area contributed by atoms with Crippen LogP contribution in [0.15, 0.2) is 91.0 Å². The molecule has 0 saturated carbocycles. The number of anilines is 4. The monoisotopic (exact) mass is 488 g/mol. The predicted octanol–water partition coefficient (Wildman–Crippen LogP) is 6.91. The Balaban J connectivity index is 1.49. The van der Waals surface area contributed by atoms with Crippen molar-refractivity contribution in [1.29, 1.82) is 0 Å². The molecule has 0 aliphatic carbocycles. The Bertz CT molecular complexity index is 1580. The lowest BCUT2D eigenvalue weighted by Crippen LogP contribution is -2.03. The first kappa shape index (κ1) is 23.5. The Kier molecular flexibility index (Phi) is 6.73. The van der Waals surface area contributed by atoms with Gasteiger partial charge in [-0.1, -0.05) is 30.2 Å². The largest absolute Gasteiger partial charge is 0.493 e. The Labute approximate surface area is 215 Å². The smallest absolute Gasteiger partial charge is 0.229 e. The molecule has 0 spiro atoms. The van der Waals surface area contributed by atoms with Crippen LogP contribution in [0.4, 0.5) is 23.1 Å². The average molecular weight is 489 g/mol. The molecule has 0 aliphatic rings. The molecule has 7 nitrogen and oxygen atoms in total. The molecular formula is C30H24N4O3. The summed E-state index contributed by atoms with van der Waals surface area (Å²) in [6, 6.07) is 28.4. The number of methoxy groups -OCH3 is 2. The van der Waals surface area contributed by atoms with Gasteiger partial charge in [-0.2, -0.15) is 4.98 Å². The minimum Gasteiger partial charge on any atom is -0.493 e. The van der Waals surface area contributed by atoms with Crippen molar-refractivity contribution in [3.63, 3.8) is 0 Å². The zero-order valence-corrected chi connectivity index (χ0v) is 20.4. The van der Waals surface area contributed by atoms with Gasteiger partial charge in [-0.3, -0.25) is 0 Å². The van der Waals surface area contributed by atoms with Crippen LogP contribution < -0.4 is 24.8 Å². The SMILES string of the molecule is C#Cc1cccc(Nc2nc(Nc3ccc(Oc4ccccc4)cc3)nc3cc(OC)c(OC)cc23)c1. The second kappa shape index (κ2) is 10.6. The molecule has 0 saturated heterocycles. The van der Waals surface area contributed by atoms with E-state index in [2.05, 4.69) is 16.6 Å². The van der Waals surface area contributed by atoms with Gasteiger partial charge in [-0.25, -0.2) is 4.98 Å². The van der Waals surface area contributed by atoms with Crippen LogP contribution >= 0.6 is 0 Å². The second-order valence-corrected chi connectivity index (χ2v) is 8.03. The molecule has 1 heterocycles. The molecule has 37 heavy (non-hydrogen) atoms. The van der Waals surface area contributed by atoms with Gasteiger partial charge in [0.25, 0.3) is 0 Å². The van der Waals surface area contributed by atoms with Gasteiger partial charge in [0.1, 0.15) is 17.3 Å². The maximum atomic E-state index is 5.88. The summed E-state index contributed by atoms with van der Waals surface area (Å²) in [5, 5.41) is 7.41. The summed E-state index contributed by atoms with van der Waals surface area (Å²) < 4.78 is 16.9. The maximum absolute atomic E-state index is 5.88. The molecule has 0 radical (unpaired) electrons. The van der Waals surface area contributed by atoms with Gasteiger partial charge in [0.05, 0.1) is 19.7 Å². The lowest BCUT2D eigenvalue weighted by Gasteiger charge is -2.15. The number of ether oxygens (including phenoxy) is 3. The highest BCUT2D eigenvalue weighted by Gasteiger charge is 2.14. The summed E-state index contributed by atoms with van der Waals surface area (Å²) in [7, 11) is 3.18. The Morgan fingerprint density at radius 3 is 2.16 bits per heavy atom. The van der Waals surface area contributed by atoms with E-state index in [-0.39, 0.29) is 0 Å². The van der Waals surface area contributed by atoms with Crippen LogP contribution in [0, 0.1) is 12.3 Å². The molecule has 7 heteroatoms. The molecule has 2 N–H and O–H groups in total. The fourth-order valence-electron chi connectivity index (χ4n) is 3.79. The first-order valence-corrected chi connectivity index (χ1v) is 11.5. The van der Waals surface area contributed by atoms with E-state index >= 15 is 0 Å². The Morgan fingerprint density at radius 1 is 0.703 bits per heavy atom. The number of aromatic nitrogens is 2. The fraction of sp³-hybridized carbons (Fsp3) is 0.0667. The third-order valence-electron chi connectivity index (χ3n) is 5.58. The molecule has 1 aromatic heterocycles. The molecule has 0 amide bonds. The molecular weight excluding hydrogens is 464 g/mol. The molecule has 0 bridgehead atoms. The number of fused-ring (bicyclic) bond motifs is 1. The predicted molar refractivity (Wildman–Crippen MR) is 147 cm³/mol. The topological polar surface area (TPSA) is 77.5 Å². The minimum atomic E-state index is 0.409. The molecule has 0 fully saturated rings. The van der Waals surface area contributed by atoms with Crippen molar-refractivity contribution in [2.75, 3.05) is 24.9 Å². The van der Waals surface area contributed by atoms with Crippen molar-refractivity contribution < 1.29 is 14.2 Å². The van der Waals surface area contributed by atoms with Crippen LogP contribution in [-0.2, 0) is 0 Å². The number of hydrogen-bond donors (Lipinski definition) is 2. The molecule has 0 unspecified atom stereocenters. The number of nitrogens with one attached hydrogen (secondary N) is 2. The van der Waals surface area contributed by atoms with Crippen LogP contribution in [0.2, 0.25) is 0 Å². The van der Waals surface area contributed by atoms with E-state index in [4.69, 9.17) is 30.6 Å². The van der Waals surface area contributed by atoms with Crippen LogP contribution in [0.1, 0.15) is 5.56 Å². The summed E-state index contributed by atoms with van der Waals surface area (Å²) in [6.45, 7) is 0. The zero-order chi connectivity index (χ0) is 25.6. The number of hydrogen-bond acceptors (Lipinski definition) is 7. The standard InChI is InChI=1S/C30H24N4O3/c1-4-20-9-8-10-22(17-20)31-29-25-18-27(35-2)28(36-3)19-26(25)33-30(34-29)32-21-13-15-24(16-14-21)37-23-11-6-5-7-12-23/h1,5-19H,2-3H3,(H2,31,32,33,34). The van der Waals surface area contributed by atoms with E-state index in [9.17, 15) is 0 Å². The lowest BCUT2D eigenvalue weighted by atomic mass is 10.2. The lowest BCUT2D eigenvalue weighted by molar-refractivity contribution is 0.356. The average Bonchev–Trinajstić information content (AvgIpc) is 2.94. The number of para-hydroxylation sites is 1. The summed E-state index contributed by atoms with van der Waals surface area (Å²) in [6.07, 6.45) is 5.58. The van der Waals surface area contributed by atoms with Gasteiger partial charge in [-0.05, 0) is 60.7 Å². The van der Waals surface area contributed by atoms with E-state index in [1.807, 2.05) is 91.0 Å². The van der Waals surface area contributed by atoms with E-state index in [0.717, 1.165) is 33.8 Å². The van der Waals surface area contributed by atoms with Crippen LogP contribution in [0.3, 0.4) is 0 Å². The third kappa shape index (κ3) is 5.39. The van der Waals surface area contributed by atoms with Crippen molar-refractivity contribution in [2.24, 2.45) is 0 Å². The highest BCUT2D eigenvalue weighted by atomic mass is 16.5. The molecule has 4 aromatic carbocycles. The van der Waals surface area contributed by atoms with Crippen molar-refractivity contribution in [3.05, 3.63) is 96.6 Å². The number of nitrogens with zero attached hydrogens (tertiary/aromatic N) is 2. The van der Waals surface area contributed by atoms with E-state index < -0.39 is 0 Å². The van der Waals surface area contributed by atoms with Gasteiger partial charge < -0.3 is 24.8 Å². The van der Waals surface area contributed by atoms with Gasteiger partial charge in [-0.15, -0.1) is 6.42 Å². The molecule has 0 atom stereocenters. The number of rotatable bonds is 8. The van der Waals surface area contributed by atoms with Crippen LogP contribution in [0.5, 0.6) is 23.0 Å². The normalized spacial score (nSPS) is 10.4. The van der Waals surface area contributed by atoms with E-state index in [1.165, 1.54) is 0 Å². The van der Waals surface area contributed by atoms with Crippen LogP contribution in [0.25, 0.3) is 10.9 Å². The third-order valence-corrected chi connectivity index (χ3v) is 5.58. The van der Waals surface area contributed by atoms with Crippen molar-refractivity contribution in [1.82, 2.24) is 9.97 Å². The number of benzene rings is 4. The highest BCUT2D eigenvalue weighted by Crippen LogP contribution is 2.36. The Hall–Kier alpha value is -5.22.